The Morgan fingerprint density at radius 1 is 1.33 bits per heavy atom. The van der Waals surface area contributed by atoms with Crippen LogP contribution in [0.2, 0.25) is 0 Å². The first-order valence-corrected chi connectivity index (χ1v) is 3.45. The summed E-state index contributed by atoms with van der Waals surface area (Å²) >= 11 is 16.0. The van der Waals surface area contributed by atoms with Gasteiger partial charge in [-0.1, -0.05) is 34.8 Å². The highest BCUT2D eigenvalue weighted by molar-refractivity contribution is 6.67. The van der Waals surface area contributed by atoms with Gasteiger partial charge in [-0.2, -0.15) is 0 Å². The normalized spacial score (nSPS) is 12.0. The summed E-state index contributed by atoms with van der Waals surface area (Å²) in [7, 11) is 0. The molecule has 0 fully saturated rings. The van der Waals surface area contributed by atoms with Crippen LogP contribution in [0.4, 0.5) is 0 Å². The molecule has 0 heterocycles. The van der Waals surface area contributed by atoms with Crippen LogP contribution in [0.25, 0.3) is 0 Å². The summed E-state index contributed by atoms with van der Waals surface area (Å²) in [5, 5.41) is 8.11. The van der Waals surface area contributed by atoms with Crippen molar-refractivity contribution in [3.8, 4) is 0 Å². The van der Waals surface area contributed by atoms with E-state index < -0.39 is 3.79 Å². The van der Waals surface area contributed by atoms with E-state index in [1.54, 1.807) is 0 Å². The van der Waals surface area contributed by atoms with Crippen LogP contribution < -0.4 is 0 Å². The summed E-state index contributed by atoms with van der Waals surface area (Å²) in [4.78, 5) is 0. The third kappa shape index (κ3) is 8.79. The molecule has 56 valence electrons. The van der Waals surface area contributed by atoms with Gasteiger partial charge in [0.2, 0.25) is 0 Å². The van der Waals surface area contributed by atoms with E-state index in [0.717, 1.165) is 0 Å². The Balaban J connectivity index is 3.07. The summed E-state index contributed by atoms with van der Waals surface area (Å²) < 4.78 is 3.24. The van der Waals surface area contributed by atoms with Gasteiger partial charge in [-0.3, -0.25) is 0 Å². The van der Waals surface area contributed by atoms with Crippen LogP contribution in [0.15, 0.2) is 0 Å². The molecule has 0 aromatic heterocycles. The van der Waals surface area contributed by atoms with Crippen molar-refractivity contribution in [2.45, 2.75) is 10.2 Å². The Bertz CT molecular complexity index is 70.7. The van der Waals surface area contributed by atoms with Gasteiger partial charge in [-0.15, -0.1) is 0 Å². The molecule has 1 N–H and O–H groups in total. The minimum Gasteiger partial charge on any atom is -0.371 e. The molecule has 0 spiro atoms. The average molecular weight is 193 g/mol. The van der Waals surface area contributed by atoms with Crippen LogP contribution in [0.1, 0.15) is 6.42 Å². The van der Waals surface area contributed by atoms with Gasteiger partial charge < -0.3 is 9.84 Å². The SMILES string of the molecule is OCOCCC(Cl)(Cl)Cl. The first-order valence-electron chi connectivity index (χ1n) is 2.31. The lowest BCUT2D eigenvalue weighted by atomic mass is 10.5. The topological polar surface area (TPSA) is 29.5 Å². The van der Waals surface area contributed by atoms with Crippen molar-refractivity contribution in [2.75, 3.05) is 13.4 Å². The molecule has 0 saturated carbocycles. The molecule has 0 bridgehead atoms. The maximum absolute atomic E-state index is 8.11. The number of aliphatic hydroxyl groups excluding tert-OH is 1. The number of ether oxygens (including phenoxy) is 1. The van der Waals surface area contributed by atoms with Crippen molar-refractivity contribution in [3.63, 3.8) is 0 Å². The average Bonchev–Trinajstić information content (AvgIpc) is 1.63. The summed E-state index contributed by atoms with van der Waals surface area (Å²) in [6, 6.07) is 0. The molecule has 0 unspecified atom stereocenters. The highest BCUT2D eigenvalue weighted by Crippen LogP contribution is 2.29. The quantitative estimate of drug-likeness (QED) is 0.420. The molecule has 0 aliphatic carbocycles. The molecular weight excluding hydrogens is 186 g/mol. The summed E-state index contributed by atoms with van der Waals surface area (Å²) in [6.45, 7) is -0.0756. The molecular formula is C4H7Cl3O2. The van der Waals surface area contributed by atoms with E-state index in [-0.39, 0.29) is 19.8 Å². The third-order valence-corrected chi connectivity index (χ3v) is 1.19. The summed E-state index contributed by atoms with van der Waals surface area (Å²) in [5.41, 5.74) is 0. The Hall–Kier alpha value is 0.790. The second-order valence-corrected chi connectivity index (χ2v) is 3.92. The standard InChI is InChI=1S/C4H7Cl3O2/c5-4(6,7)1-2-9-3-8/h8H,1-3H2. The maximum atomic E-state index is 8.11. The lowest BCUT2D eigenvalue weighted by Crippen LogP contribution is -2.07. The van der Waals surface area contributed by atoms with Gasteiger partial charge in [0.25, 0.3) is 0 Å². The molecule has 0 radical (unpaired) electrons. The van der Waals surface area contributed by atoms with Crippen LogP contribution in [0.5, 0.6) is 0 Å². The predicted molar refractivity (Wildman–Crippen MR) is 37.9 cm³/mol. The Labute approximate surface area is 68.7 Å². The Kier molecular flexibility index (Phi) is 4.98. The van der Waals surface area contributed by atoms with E-state index >= 15 is 0 Å². The molecule has 0 atom stereocenters. The van der Waals surface area contributed by atoms with Gasteiger partial charge in [0.15, 0.2) is 3.79 Å². The van der Waals surface area contributed by atoms with Gasteiger partial charge >= 0.3 is 0 Å². The van der Waals surface area contributed by atoms with Crippen molar-refractivity contribution in [3.05, 3.63) is 0 Å². The van der Waals surface area contributed by atoms with Gasteiger partial charge in [0.1, 0.15) is 6.79 Å². The zero-order valence-corrected chi connectivity index (χ0v) is 6.88. The molecule has 5 heteroatoms. The molecule has 0 aromatic rings. The van der Waals surface area contributed by atoms with Gasteiger partial charge in [0.05, 0.1) is 6.61 Å². The van der Waals surface area contributed by atoms with Crippen LogP contribution in [-0.4, -0.2) is 22.3 Å². The van der Waals surface area contributed by atoms with Crippen molar-refractivity contribution < 1.29 is 9.84 Å². The third-order valence-electron chi connectivity index (χ3n) is 0.621. The molecule has 0 aliphatic heterocycles. The number of hydrogen-bond acceptors (Lipinski definition) is 2. The van der Waals surface area contributed by atoms with Crippen LogP contribution in [0.3, 0.4) is 0 Å². The second-order valence-electron chi connectivity index (χ2n) is 1.40. The van der Waals surface area contributed by atoms with Crippen molar-refractivity contribution in [1.29, 1.82) is 0 Å². The molecule has 0 aromatic carbocycles. The van der Waals surface area contributed by atoms with E-state index in [0.29, 0.717) is 0 Å². The zero-order valence-electron chi connectivity index (χ0n) is 4.61. The lowest BCUT2D eigenvalue weighted by molar-refractivity contribution is -0.00183. The van der Waals surface area contributed by atoms with Crippen molar-refractivity contribution in [1.82, 2.24) is 0 Å². The highest BCUT2D eigenvalue weighted by Gasteiger charge is 2.18. The smallest absolute Gasteiger partial charge is 0.192 e. The molecule has 0 amide bonds. The Morgan fingerprint density at radius 2 is 1.89 bits per heavy atom. The van der Waals surface area contributed by atoms with E-state index in [9.17, 15) is 0 Å². The number of rotatable bonds is 3. The molecule has 9 heavy (non-hydrogen) atoms. The largest absolute Gasteiger partial charge is 0.371 e. The minimum atomic E-state index is -1.27. The zero-order chi connectivity index (χ0) is 7.33. The number of halogens is 3. The fraction of sp³-hybridized carbons (Fsp3) is 1.00. The monoisotopic (exact) mass is 192 g/mol. The Morgan fingerprint density at radius 3 is 2.22 bits per heavy atom. The van der Waals surface area contributed by atoms with Gasteiger partial charge in [-0.05, 0) is 0 Å². The first-order chi connectivity index (χ1) is 4.06. The van der Waals surface area contributed by atoms with Gasteiger partial charge in [0, 0.05) is 6.42 Å². The summed E-state index contributed by atoms with van der Waals surface area (Å²) in [5.74, 6) is 0. The highest BCUT2D eigenvalue weighted by atomic mass is 35.6. The number of hydrogen-bond donors (Lipinski definition) is 1. The number of alkyl halides is 3. The predicted octanol–water partition coefficient (Wildman–Crippen LogP) is 1.71. The molecule has 0 saturated heterocycles. The lowest BCUT2D eigenvalue weighted by Gasteiger charge is -2.08. The van der Waals surface area contributed by atoms with Crippen LogP contribution in [-0.2, 0) is 4.74 Å². The van der Waals surface area contributed by atoms with E-state index in [2.05, 4.69) is 4.74 Å². The van der Waals surface area contributed by atoms with Crippen LogP contribution >= 0.6 is 34.8 Å². The number of aliphatic hydroxyl groups is 1. The maximum Gasteiger partial charge on any atom is 0.192 e. The van der Waals surface area contributed by atoms with Gasteiger partial charge in [-0.25, -0.2) is 0 Å². The van der Waals surface area contributed by atoms with Crippen molar-refractivity contribution in [2.24, 2.45) is 0 Å². The minimum absolute atomic E-state index is 0.257. The van der Waals surface area contributed by atoms with E-state index in [1.807, 2.05) is 0 Å². The molecule has 2 nitrogen and oxygen atoms in total. The second kappa shape index (κ2) is 4.58. The van der Waals surface area contributed by atoms with E-state index in [1.165, 1.54) is 0 Å². The molecule has 0 rings (SSSR count). The fourth-order valence-electron chi connectivity index (χ4n) is 0.252. The first kappa shape index (κ1) is 9.79. The van der Waals surface area contributed by atoms with Crippen LogP contribution in [0, 0.1) is 0 Å². The van der Waals surface area contributed by atoms with Crippen molar-refractivity contribution >= 4 is 34.8 Å². The van der Waals surface area contributed by atoms with E-state index in [4.69, 9.17) is 39.9 Å². The summed E-state index contributed by atoms with van der Waals surface area (Å²) in [6.07, 6.45) is 0.290. The fourth-order valence-corrected chi connectivity index (χ4v) is 0.484. The molecule has 0 aliphatic rings.